The lowest BCUT2D eigenvalue weighted by Crippen LogP contribution is -2.52. The van der Waals surface area contributed by atoms with Crippen LogP contribution >= 0.6 is 0 Å². The Morgan fingerprint density at radius 2 is 1.59 bits per heavy atom. The first-order chi connectivity index (χ1) is 15.0. The molecule has 1 rings (SSSR count). The number of hydroxylamine groups is 1. The Kier molecular flexibility index (Phi) is 12.2. The van der Waals surface area contributed by atoms with Gasteiger partial charge in [0.1, 0.15) is 22.6 Å². The predicted octanol–water partition coefficient (Wildman–Crippen LogP) is 2.18. The zero-order valence-corrected chi connectivity index (χ0v) is 19.6. The van der Waals surface area contributed by atoms with Crippen LogP contribution in [0, 0.1) is 11.6 Å². The molecule has 0 heterocycles. The number of rotatable bonds is 16. The van der Waals surface area contributed by atoms with Crippen LogP contribution in [0.3, 0.4) is 0 Å². The van der Waals surface area contributed by atoms with Crippen LogP contribution in [0.25, 0.3) is 0 Å². The number of carbonyl (C=O) groups is 1. The van der Waals surface area contributed by atoms with Crippen molar-refractivity contribution < 1.29 is 35.6 Å². The number of carbonyl (C=O) groups excluding carboxylic acids is 1. The SMILES string of the molecule is CCCCCCCCCCS(=O)(=O)NC(CNS(=O)(=O)c1ccc(F)cc1F)C(=O)NO. The fourth-order valence-electron chi connectivity index (χ4n) is 2.93. The summed E-state index contributed by atoms with van der Waals surface area (Å²) in [6, 6.07) is 0.124. The van der Waals surface area contributed by atoms with Gasteiger partial charge in [-0.3, -0.25) is 10.0 Å². The van der Waals surface area contributed by atoms with E-state index in [1.165, 1.54) is 11.9 Å². The van der Waals surface area contributed by atoms with Crippen molar-refractivity contribution in [2.45, 2.75) is 69.2 Å². The summed E-state index contributed by atoms with van der Waals surface area (Å²) in [5.74, 6) is -3.81. The summed E-state index contributed by atoms with van der Waals surface area (Å²) >= 11 is 0. The fourth-order valence-corrected chi connectivity index (χ4v) is 5.36. The molecule has 0 aliphatic rings. The second kappa shape index (κ2) is 13.8. The number of nitrogens with one attached hydrogen (secondary N) is 3. The van der Waals surface area contributed by atoms with Gasteiger partial charge in [0.05, 0.1) is 5.75 Å². The lowest BCUT2D eigenvalue weighted by atomic mass is 10.1. The van der Waals surface area contributed by atoms with Crippen molar-refractivity contribution in [3.63, 3.8) is 0 Å². The molecule has 0 saturated heterocycles. The average molecular weight is 500 g/mol. The number of sulfonamides is 2. The normalized spacial score (nSPS) is 13.1. The molecule has 32 heavy (non-hydrogen) atoms. The first-order valence-corrected chi connectivity index (χ1v) is 13.5. The van der Waals surface area contributed by atoms with Crippen LogP contribution in [-0.2, 0) is 24.8 Å². The molecule has 1 atom stereocenters. The molecule has 1 unspecified atom stereocenters. The molecule has 0 aliphatic heterocycles. The number of amides is 1. The van der Waals surface area contributed by atoms with Gasteiger partial charge in [0, 0.05) is 12.6 Å². The average Bonchev–Trinajstić information content (AvgIpc) is 2.72. The number of benzene rings is 1. The minimum atomic E-state index is -4.52. The van der Waals surface area contributed by atoms with Gasteiger partial charge >= 0.3 is 0 Å². The summed E-state index contributed by atoms with van der Waals surface area (Å²) in [6.07, 6.45) is 7.46. The number of halogens is 2. The van der Waals surface area contributed by atoms with Crippen LogP contribution in [0.5, 0.6) is 0 Å². The summed E-state index contributed by atoms with van der Waals surface area (Å²) in [4.78, 5) is 10.9. The number of hydrogen-bond donors (Lipinski definition) is 4. The van der Waals surface area contributed by atoms with E-state index in [4.69, 9.17) is 5.21 Å². The summed E-state index contributed by atoms with van der Waals surface area (Å²) in [5.41, 5.74) is 1.26. The van der Waals surface area contributed by atoms with Gasteiger partial charge in [-0.25, -0.2) is 40.5 Å². The number of hydrogen-bond acceptors (Lipinski definition) is 6. The molecule has 0 aromatic heterocycles. The topological polar surface area (TPSA) is 142 Å². The molecule has 0 fully saturated rings. The quantitative estimate of drug-likeness (QED) is 0.156. The molecule has 13 heteroatoms. The van der Waals surface area contributed by atoms with E-state index in [9.17, 15) is 30.4 Å². The first-order valence-electron chi connectivity index (χ1n) is 10.4. The van der Waals surface area contributed by atoms with Gasteiger partial charge in [0.15, 0.2) is 0 Å². The summed E-state index contributed by atoms with van der Waals surface area (Å²) in [6.45, 7) is 1.32. The third-order valence-corrected chi connectivity index (χ3v) is 7.60. The van der Waals surface area contributed by atoms with Crippen molar-refractivity contribution in [2.24, 2.45) is 0 Å². The molecular weight excluding hydrogens is 468 g/mol. The third-order valence-electron chi connectivity index (χ3n) is 4.68. The van der Waals surface area contributed by atoms with Gasteiger partial charge in [0.25, 0.3) is 5.91 Å². The van der Waals surface area contributed by atoms with E-state index in [1.54, 1.807) is 0 Å². The Hall–Kier alpha value is -1.67. The van der Waals surface area contributed by atoms with E-state index in [2.05, 4.69) is 6.92 Å². The van der Waals surface area contributed by atoms with Gasteiger partial charge in [-0.15, -0.1) is 0 Å². The minimum absolute atomic E-state index is 0.281. The lowest BCUT2D eigenvalue weighted by Gasteiger charge is -2.18. The maximum atomic E-state index is 13.8. The zero-order valence-electron chi connectivity index (χ0n) is 17.9. The van der Waals surface area contributed by atoms with Crippen molar-refractivity contribution in [1.82, 2.24) is 14.9 Å². The van der Waals surface area contributed by atoms with Gasteiger partial charge in [-0.05, 0) is 18.6 Å². The second-order valence-corrected chi connectivity index (χ2v) is 11.0. The molecular formula is C19H31F2N3O6S2. The highest BCUT2D eigenvalue weighted by atomic mass is 32.2. The molecule has 9 nitrogen and oxygen atoms in total. The van der Waals surface area contributed by atoms with E-state index >= 15 is 0 Å². The Balaban J connectivity index is 2.63. The van der Waals surface area contributed by atoms with Crippen LogP contribution in [0.2, 0.25) is 0 Å². The minimum Gasteiger partial charge on any atom is -0.289 e. The number of unbranched alkanes of at least 4 members (excludes halogenated alkanes) is 7. The summed E-state index contributed by atoms with van der Waals surface area (Å²) < 4.78 is 79.7. The van der Waals surface area contributed by atoms with Crippen molar-refractivity contribution in [3.8, 4) is 0 Å². The third kappa shape index (κ3) is 10.3. The first kappa shape index (κ1) is 28.4. The van der Waals surface area contributed by atoms with E-state index in [0.29, 0.717) is 25.0 Å². The Morgan fingerprint density at radius 3 is 2.16 bits per heavy atom. The highest BCUT2D eigenvalue weighted by Crippen LogP contribution is 2.15. The smallest absolute Gasteiger partial charge is 0.262 e. The fraction of sp³-hybridized carbons (Fsp3) is 0.632. The maximum Gasteiger partial charge on any atom is 0.262 e. The predicted molar refractivity (Wildman–Crippen MR) is 115 cm³/mol. The van der Waals surface area contributed by atoms with Crippen LogP contribution in [-0.4, -0.2) is 46.3 Å². The lowest BCUT2D eigenvalue weighted by molar-refractivity contribution is -0.130. The van der Waals surface area contributed by atoms with Crippen molar-refractivity contribution >= 4 is 26.0 Å². The van der Waals surface area contributed by atoms with Crippen LogP contribution in [0.1, 0.15) is 58.3 Å². The van der Waals surface area contributed by atoms with Crippen LogP contribution < -0.4 is 14.9 Å². The standard InChI is InChI=1S/C19H31F2N3O6S2/c1-2-3-4-5-6-7-8-9-12-31(27,28)24-17(19(25)23-26)14-22-32(29,30)18-11-10-15(20)13-16(18)21/h10-11,13,17,22,24,26H,2-9,12,14H2,1H3,(H,23,25). The van der Waals surface area contributed by atoms with Gasteiger partial charge in [-0.2, -0.15) is 0 Å². The Bertz CT molecular complexity index is 942. The van der Waals surface area contributed by atoms with Gasteiger partial charge in [-0.1, -0.05) is 51.9 Å². The summed E-state index contributed by atoms with van der Waals surface area (Å²) in [5, 5.41) is 8.84. The second-order valence-electron chi connectivity index (χ2n) is 7.37. The molecule has 0 radical (unpaired) electrons. The monoisotopic (exact) mass is 499 g/mol. The highest BCUT2D eigenvalue weighted by molar-refractivity contribution is 7.89. The van der Waals surface area contributed by atoms with E-state index in [0.717, 1.165) is 38.2 Å². The molecule has 1 aromatic carbocycles. The molecule has 1 amide bonds. The van der Waals surface area contributed by atoms with Crippen LogP contribution in [0.4, 0.5) is 8.78 Å². The molecule has 184 valence electrons. The molecule has 0 bridgehead atoms. The van der Waals surface area contributed by atoms with Crippen molar-refractivity contribution in [3.05, 3.63) is 29.8 Å². The Labute approximate surface area is 188 Å². The maximum absolute atomic E-state index is 13.8. The molecule has 1 aromatic rings. The Morgan fingerprint density at radius 1 is 1.00 bits per heavy atom. The molecule has 0 spiro atoms. The van der Waals surface area contributed by atoms with E-state index < -0.39 is 55.1 Å². The highest BCUT2D eigenvalue weighted by Gasteiger charge is 2.27. The van der Waals surface area contributed by atoms with Crippen molar-refractivity contribution in [2.75, 3.05) is 12.3 Å². The molecule has 0 saturated carbocycles. The van der Waals surface area contributed by atoms with Gasteiger partial charge in [0.2, 0.25) is 20.0 Å². The van der Waals surface area contributed by atoms with Crippen LogP contribution in [0.15, 0.2) is 23.1 Å². The van der Waals surface area contributed by atoms with Gasteiger partial charge < -0.3 is 0 Å². The zero-order chi connectivity index (χ0) is 24.2. The van der Waals surface area contributed by atoms with Crippen molar-refractivity contribution in [1.29, 1.82) is 0 Å². The molecule has 4 N–H and O–H groups in total. The summed E-state index contributed by atoms with van der Waals surface area (Å²) in [7, 11) is -8.49. The van der Waals surface area contributed by atoms with E-state index in [1.807, 2.05) is 9.44 Å². The molecule has 0 aliphatic carbocycles. The largest absolute Gasteiger partial charge is 0.289 e. The van der Waals surface area contributed by atoms with E-state index in [-0.39, 0.29) is 5.75 Å².